The second-order valence-corrected chi connectivity index (χ2v) is 10.5. The topological polar surface area (TPSA) is 84.9 Å². The van der Waals surface area contributed by atoms with Gasteiger partial charge in [-0.15, -0.1) is 0 Å². The van der Waals surface area contributed by atoms with Gasteiger partial charge in [0.2, 0.25) is 6.29 Å². The summed E-state index contributed by atoms with van der Waals surface area (Å²) in [6.07, 6.45) is 5.23. The minimum absolute atomic E-state index is 0.200. The van der Waals surface area contributed by atoms with Gasteiger partial charge in [0.1, 0.15) is 0 Å². The highest BCUT2D eigenvalue weighted by molar-refractivity contribution is 5.76. The fourth-order valence-electron chi connectivity index (χ4n) is 6.38. The van der Waals surface area contributed by atoms with Gasteiger partial charge in [-0.3, -0.25) is 4.79 Å². The molecule has 3 unspecified atom stereocenters. The zero-order chi connectivity index (χ0) is 19.4. The van der Waals surface area contributed by atoms with Crippen molar-refractivity contribution in [3.05, 3.63) is 0 Å². The van der Waals surface area contributed by atoms with E-state index < -0.39 is 23.8 Å². The Morgan fingerprint density at radius 2 is 1.69 bits per heavy atom. The lowest BCUT2D eigenvalue weighted by atomic mass is 9.43. The summed E-state index contributed by atoms with van der Waals surface area (Å²) in [5.74, 6) is 0.0808. The summed E-state index contributed by atoms with van der Waals surface area (Å²) in [4.78, 5) is 24.5. The van der Waals surface area contributed by atoms with E-state index >= 15 is 0 Å². The molecule has 0 radical (unpaired) electrons. The molecule has 4 bridgehead atoms. The number of rotatable bonds is 5. The maximum Gasteiger partial charge on any atom is 0.410 e. The van der Waals surface area contributed by atoms with Gasteiger partial charge in [-0.05, 0) is 69.1 Å². The molecule has 4 saturated carbocycles. The number of nitrogens with one attached hydrogen (secondary N) is 1. The summed E-state index contributed by atoms with van der Waals surface area (Å²) in [7, 11) is 0. The number of hydrogen-bond donors (Lipinski definition) is 2. The lowest BCUT2D eigenvalue weighted by Gasteiger charge is -2.65. The van der Waals surface area contributed by atoms with Crippen LogP contribution in [0.5, 0.6) is 0 Å². The second kappa shape index (κ2) is 6.11. The van der Waals surface area contributed by atoms with Gasteiger partial charge in [-0.1, -0.05) is 13.8 Å². The van der Waals surface area contributed by atoms with Crippen LogP contribution in [0.3, 0.4) is 0 Å². The first-order valence-corrected chi connectivity index (χ1v) is 9.69. The summed E-state index contributed by atoms with van der Waals surface area (Å²) in [6, 6.07) is 0. The molecule has 26 heavy (non-hydrogen) atoms. The summed E-state index contributed by atoms with van der Waals surface area (Å²) in [6.45, 7) is 9.05. The van der Waals surface area contributed by atoms with Gasteiger partial charge >= 0.3 is 12.1 Å². The quantitative estimate of drug-likeness (QED) is 0.575. The van der Waals surface area contributed by atoms with Crippen LogP contribution >= 0.6 is 0 Å². The normalized spacial score (nSPS) is 39.4. The van der Waals surface area contributed by atoms with Crippen LogP contribution < -0.4 is 5.32 Å². The number of esters is 1. The van der Waals surface area contributed by atoms with Gasteiger partial charge in [0, 0.05) is 12.5 Å². The number of alkyl carbamates (subject to hydrolysis) is 1. The molecular weight excluding hydrogens is 334 g/mol. The Balaban J connectivity index is 1.59. The van der Waals surface area contributed by atoms with Crippen LogP contribution in [0.25, 0.3) is 0 Å². The summed E-state index contributed by atoms with van der Waals surface area (Å²) < 4.78 is 10.4. The average molecular weight is 367 g/mol. The van der Waals surface area contributed by atoms with Crippen molar-refractivity contribution in [2.75, 3.05) is 6.61 Å². The van der Waals surface area contributed by atoms with Crippen LogP contribution in [-0.4, -0.2) is 35.6 Å². The average Bonchev–Trinajstić information content (AvgIpc) is 2.41. The second-order valence-electron chi connectivity index (χ2n) is 10.5. The molecule has 4 rings (SSSR count). The van der Waals surface area contributed by atoms with Gasteiger partial charge in [0.25, 0.3) is 0 Å². The third-order valence-corrected chi connectivity index (χ3v) is 6.49. The number of aliphatic hydroxyl groups excluding tert-OH is 1. The summed E-state index contributed by atoms with van der Waals surface area (Å²) in [5, 5.41) is 12.4. The van der Waals surface area contributed by atoms with E-state index in [-0.39, 0.29) is 12.1 Å². The van der Waals surface area contributed by atoms with Crippen molar-refractivity contribution in [3.63, 3.8) is 0 Å². The third kappa shape index (κ3) is 3.71. The molecule has 0 heterocycles. The Morgan fingerprint density at radius 3 is 2.19 bits per heavy atom. The van der Waals surface area contributed by atoms with Gasteiger partial charge in [-0.25, -0.2) is 4.79 Å². The van der Waals surface area contributed by atoms with Crippen molar-refractivity contribution in [1.29, 1.82) is 0 Å². The molecule has 0 saturated heterocycles. The number of aliphatic hydroxyl groups is 1. The van der Waals surface area contributed by atoms with Gasteiger partial charge in [-0.2, -0.15) is 0 Å². The predicted octanol–water partition coefficient (Wildman–Crippen LogP) is 3.37. The smallest absolute Gasteiger partial charge is 0.410 e. The van der Waals surface area contributed by atoms with E-state index in [2.05, 4.69) is 19.2 Å². The van der Waals surface area contributed by atoms with E-state index in [1.165, 1.54) is 26.2 Å². The van der Waals surface area contributed by atoms with Crippen LogP contribution in [0.1, 0.15) is 73.1 Å². The van der Waals surface area contributed by atoms with Gasteiger partial charge in [0.15, 0.2) is 0 Å². The maximum atomic E-state index is 12.5. The fraction of sp³-hybridized carbons (Fsp3) is 0.900. The summed E-state index contributed by atoms with van der Waals surface area (Å²) in [5.41, 5.74) is -0.624. The Hall–Kier alpha value is -1.30. The van der Waals surface area contributed by atoms with Crippen molar-refractivity contribution in [1.82, 2.24) is 5.32 Å². The van der Waals surface area contributed by atoms with Gasteiger partial charge < -0.3 is 19.9 Å². The Kier molecular flexibility index (Phi) is 4.57. The SMILES string of the molecule is CC(OC(=O)NC12CC3CC(C)(CC(C)(C3)C1)C2)OC(=O)C(C)(C)CO. The van der Waals surface area contributed by atoms with Crippen molar-refractivity contribution in [2.45, 2.75) is 85.0 Å². The first-order valence-electron chi connectivity index (χ1n) is 9.69. The van der Waals surface area contributed by atoms with Crippen LogP contribution in [0.2, 0.25) is 0 Å². The number of carbonyl (C=O) groups excluding carboxylic acids is 2. The lowest BCUT2D eigenvalue weighted by molar-refractivity contribution is -0.178. The standard InChI is InChI=1S/C20H33NO5/c1-13(25-15(23)17(2,3)12-22)26-16(24)21-20-8-14-6-18(4,10-20)9-19(5,7-14)11-20/h13-14,22H,6-12H2,1-5H3,(H,21,24). The monoisotopic (exact) mass is 367 g/mol. The Morgan fingerprint density at radius 1 is 1.12 bits per heavy atom. The number of carbonyl (C=O) groups is 2. The zero-order valence-electron chi connectivity index (χ0n) is 16.7. The maximum absolute atomic E-state index is 12.5. The van der Waals surface area contributed by atoms with E-state index in [1.807, 2.05) is 0 Å². The van der Waals surface area contributed by atoms with Crippen LogP contribution in [0.4, 0.5) is 4.79 Å². The van der Waals surface area contributed by atoms with Crippen molar-refractivity contribution in [2.24, 2.45) is 22.2 Å². The predicted molar refractivity (Wildman–Crippen MR) is 96.2 cm³/mol. The summed E-state index contributed by atoms with van der Waals surface area (Å²) >= 11 is 0. The minimum atomic E-state index is -1.02. The first-order chi connectivity index (χ1) is 11.9. The number of ether oxygens (including phenoxy) is 2. The molecule has 0 aromatic carbocycles. The zero-order valence-corrected chi connectivity index (χ0v) is 16.7. The molecule has 4 aliphatic rings. The highest BCUT2D eigenvalue weighted by atomic mass is 16.7. The molecule has 0 aromatic heterocycles. The van der Waals surface area contributed by atoms with Crippen LogP contribution in [-0.2, 0) is 14.3 Å². The molecule has 3 atom stereocenters. The fourth-order valence-corrected chi connectivity index (χ4v) is 6.38. The molecule has 6 nitrogen and oxygen atoms in total. The molecule has 0 aromatic rings. The highest BCUT2D eigenvalue weighted by Gasteiger charge is 2.60. The van der Waals surface area contributed by atoms with Crippen molar-refractivity contribution in [3.8, 4) is 0 Å². The molecule has 1 amide bonds. The number of hydrogen-bond acceptors (Lipinski definition) is 5. The molecular formula is C20H33NO5. The van der Waals surface area contributed by atoms with E-state index in [9.17, 15) is 14.7 Å². The van der Waals surface area contributed by atoms with E-state index in [0.29, 0.717) is 16.7 Å². The number of amides is 1. The molecule has 0 spiro atoms. The Bertz CT molecular complexity index is 583. The molecule has 148 valence electrons. The largest absolute Gasteiger partial charge is 0.425 e. The van der Waals surface area contributed by atoms with Crippen LogP contribution in [0, 0.1) is 22.2 Å². The minimum Gasteiger partial charge on any atom is -0.425 e. The van der Waals surface area contributed by atoms with Crippen LogP contribution in [0.15, 0.2) is 0 Å². The third-order valence-electron chi connectivity index (χ3n) is 6.49. The van der Waals surface area contributed by atoms with Crippen molar-refractivity contribution < 1.29 is 24.2 Å². The molecule has 6 heteroatoms. The van der Waals surface area contributed by atoms with E-state index in [1.54, 1.807) is 13.8 Å². The van der Waals surface area contributed by atoms with Crippen molar-refractivity contribution >= 4 is 12.1 Å². The van der Waals surface area contributed by atoms with E-state index in [0.717, 1.165) is 19.3 Å². The molecule has 2 N–H and O–H groups in total. The highest BCUT2D eigenvalue weighted by Crippen LogP contribution is 2.66. The first kappa shape index (κ1) is 19.5. The lowest BCUT2D eigenvalue weighted by Crippen LogP contribution is -2.65. The van der Waals surface area contributed by atoms with E-state index in [4.69, 9.17) is 9.47 Å². The molecule has 0 aliphatic heterocycles. The molecule has 4 fully saturated rings. The van der Waals surface area contributed by atoms with Gasteiger partial charge in [0.05, 0.1) is 12.0 Å². The Labute approximate surface area is 156 Å². The molecule has 4 aliphatic carbocycles.